The van der Waals surface area contributed by atoms with Crippen molar-refractivity contribution in [2.45, 2.75) is 10.8 Å². The Kier molecular flexibility index (Phi) is 8.63. The van der Waals surface area contributed by atoms with E-state index in [-0.39, 0.29) is 5.56 Å². The highest BCUT2D eigenvalue weighted by atomic mass is 79.9. The summed E-state index contributed by atoms with van der Waals surface area (Å²) in [4.78, 5) is 11.6. The molecule has 3 nitrogen and oxygen atoms in total. The van der Waals surface area contributed by atoms with Gasteiger partial charge in [-0.05, 0) is 56.9 Å². The number of carbonyl (C=O) groups is 1. The summed E-state index contributed by atoms with van der Waals surface area (Å²) >= 11 is 4.89. The fourth-order valence-corrected chi connectivity index (χ4v) is 4.51. The molecule has 8 heteroatoms. The van der Waals surface area contributed by atoms with E-state index in [0.717, 1.165) is 16.0 Å². The first-order valence-electron chi connectivity index (χ1n) is 9.87. The molecule has 0 aliphatic rings. The van der Waals surface area contributed by atoms with Crippen molar-refractivity contribution in [1.29, 1.82) is 0 Å². The van der Waals surface area contributed by atoms with Gasteiger partial charge < -0.3 is 9.84 Å². The van der Waals surface area contributed by atoms with Crippen molar-refractivity contribution < 1.29 is 27.8 Å². The lowest BCUT2D eigenvalue weighted by Gasteiger charge is -2.15. The average molecular weight is 537 g/mol. The van der Waals surface area contributed by atoms with Crippen molar-refractivity contribution in [1.82, 2.24) is 0 Å². The van der Waals surface area contributed by atoms with Crippen LogP contribution >= 0.6 is 27.7 Å². The first kappa shape index (κ1) is 24.9. The molecule has 0 amide bonds. The third-order valence-electron chi connectivity index (χ3n) is 4.64. The smallest absolute Gasteiger partial charge is 0.341 e. The zero-order valence-corrected chi connectivity index (χ0v) is 19.7. The molecule has 1 N–H and O–H groups in total. The number of carboxylic acids is 1. The molecule has 0 aromatic heterocycles. The minimum atomic E-state index is -3.54. The zero-order chi connectivity index (χ0) is 23.8. The Morgan fingerprint density at radius 1 is 1.03 bits per heavy atom. The van der Waals surface area contributed by atoms with Crippen LogP contribution in [0.1, 0.15) is 16.7 Å². The molecule has 0 bridgehead atoms. The Labute approximate surface area is 202 Å². The van der Waals surface area contributed by atoms with E-state index in [1.54, 1.807) is 12.1 Å². The monoisotopic (exact) mass is 536 g/mol. The molecule has 0 aliphatic carbocycles. The summed E-state index contributed by atoms with van der Waals surface area (Å²) in [6, 6.07) is 20.5. The first-order chi connectivity index (χ1) is 15.8. The summed E-state index contributed by atoms with van der Waals surface area (Å²) in [7, 11) is 0. The fourth-order valence-electron chi connectivity index (χ4n) is 3.06. The van der Waals surface area contributed by atoms with Crippen LogP contribution in [0, 0.1) is 0 Å². The molecule has 0 aliphatic heterocycles. The van der Waals surface area contributed by atoms with Crippen LogP contribution in [0.3, 0.4) is 0 Å². The molecule has 0 spiro atoms. The van der Waals surface area contributed by atoms with Crippen LogP contribution in [0.5, 0.6) is 5.75 Å². The summed E-state index contributed by atoms with van der Waals surface area (Å²) in [5.41, 5.74) is 1.83. The topological polar surface area (TPSA) is 46.5 Å². The Bertz CT molecular complexity index is 1140. The third kappa shape index (κ3) is 6.88. The molecule has 3 aromatic carbocycles. The number of aliphatic carboxylic acids is 1. The first-order valence-corrected chi connectivity index (χ1v) is 11.7. The number of benzene rings is 3. The van der Waals surface area contributed by atoms with E-state index in [9.17, 15) is 18.0 Å². The summed E-state index contributed by atoms with van der Waals surface area (Å²) in [5, 5.41) is 8.74. The quantitative estimate of drug-likeness (QED) is 0.278. The SMILES string of the molecule is O=C(O)COc1ccc(SC/C=C(/c2ccccc2)c2cccc(C(F)(F)CF)c2)cc1Br. The van der Waals surface area contributed by atoms with Crippen LogP contribution < -0.4 is 4.74 Å². The predicted molar refractivity (Wildman–Crippen MR) is 128 cm³/mol. The Balaban J connectivity index is 1.83. The van der Waals surface area contributed by atoms with E-state index in [4.69, 9.17) is 9.84 Å². The normalized spacial score (nSPS) is 11.9. The Morgan fingerprint density at radius 3 is 2.42 bits per heavy atom. The molecular formula is C25H20BrF3O3S. The van der Waals surface area contributed by atoms with Crippen molar-refractivity contribution in [2.24, 2.45) is 0 Å². The van der Waals surface area contributed by atoms with Gasteiger partial charge in [-0.25, -0.2) is 9.18 Å². The highest BCUT2D eigenvalue weighted by Crippen LogP contribution is 2.34. The number of thioether (sulfide) groups is 1. The van der Waals surface area contributed by atoms with Gasteiger partial charge in [0.25, 0.3) is 0 Å². The van der Waals surface area contributed by atoms with E-state index in [0.29, 0.717) is 21.5 Å². The highest BCUT2D eigenvalue weighted by molar-refractivity contribution is 9.10. The summed E-state index contributed by atoms with van der Waals surface area (Å²) in [6.45, 7) is -2.19. The van der Waals surface area contributed by atoms with E-state index in [2.05, 4.69) is 15.9 Å². The van der Waals surface area contributed by atoms with Gasteiger partial charge in [-0.15, -0.1) is 11.8 Å². The lowest BCUT2D eigenvalue weighted by Crippen LogP contribution is -2.15. The second-order valence-corrected chi connectivity index (χ2v) is 8.94. The van der Waals surface area contributed by atoms with Gasteiger partial charge in [-0.3, -0.25) is 0 Å². The molecule has 0 fully saturated rings. The standard InChI is InChI=1S/C25H20BrF3O3S/c26-22-14-20(9-10-23(22)32-15-24(30)31)33-12-11-21(17-5-2-1-3-6-17)18-7-4-8-19(13-18)25(28,29)16-27/h1-11,13-14H,12,15-16H2,(H,30,31)/b21-11-. The maximum Gasteiger partial charge on any atom is 0.341 e. The second kappa shape index (κ2) is 11.4. The second-order valence-electron chi connectivity index (χ2n) is 6.99. The molecule has 0 atom stereocenters. The summed E-state index contributed by atoms with van der Waals surface area (Å²) in [6.07, 6.45) is 1.94. The molecule has 0 unspecified atom stereocenters. The molecule has 3 aromatic rings. The molecule has 0 heterocycles. The average Bonchev–Trinajstić information content (AvgIpc) is 2.82. The van der Waals surface area contributed by atoms with Crippen molar-refractivity contribution in [3.8, 4) is 5.75 Å². The largest absolute Gasteiger partial charge is 0.481 e. The van der Waals surface area contributed by atoms with Gasteiger partial charge in [-0.1, -0.05) is 54.6 Å². The minimum absolute atomic E-state index is 0.363. The fraction of sp³-hybridized carbons (Fsp3) is 0.160. The number of rotatable bonds is 10. The van der Waals surface area contributed by atoms with E-state index in [1.807, 2.05) is 48.5 Å². The molecular weight excluding hydrogens is 517 g/mol. The van der Waals surface area contributed by atoms with Gasteiger partial charge in [0.1, 0.15) is 5.75 Å². The Morgan fingerprint density at radius 2 is 1.76 bits per heavy atom. The molecule has 33 heavy (non-hydrogen) atoms. The number of ether oxygens (including phenoxy) is 1. The number of hydrogen-bond acceptors (Lipinski definition) is 3. The highest BCUT2D eigenvalue weighted by Gasteiger charge is 2.31. The van der Waals surface area contributed by atoms with Gasteiger partial charge >= 0.3 is 11.9 Å². The van der Waals surface area contributed by atoms with E-state index < -0.39 is 25.2 Å². The van der Waals surface area contributed by atoms with Crippen LogP contribution in [-0.4, -0.2) is 30.1 Å². The van der Waals surface area contributed by atoms with Gasteiger partial charge in [-0.2, -0.15) is 8.78 Å². The molecule has 0 saturated carbocycles. The van der Waals surface area contributed by atoms with Gasteiger partial charge in [0.15, 0.2) is 13.3 Å². The molecule has 172 valence electrons. The number of halogens is 4. The Hall–Kier alpha value is -2.71. The lowest BCUT2D eigenvalue weighted by atomic mass is 9.95. The molecule has 0 saturated heterocycles. The summed E-state index contributed by atoms with van der Waals surface area (Å²) in [5.74, 6) is -3.64. The van der Waals surface area contributed by atoms with Crippen LogP contribution in [0.25, 0.3) is 5.57 Å². The van der Waals surface area contributed by atoms with E-state index in [1.165, 1.54) is 30.0 Å². The van der Waals surface area contributed by atoms with Crippen molar-refractivity contribution in [3.05, 3.63) is 100 Å². The maximum atomic E-state index is 13.9. The minimum Gasteiger partial charge on any atom is -0.481 e. The van der Waals surface area contributed by atoms with Crippen LogP contribution in [0.2, 0.25) is 0 Å². The zero-order valence-electron chi connectivity index (χ0n) is 17.3. The molecule has 3 rings (SSSR count). The van der Waals surface area contributed by atoms with Crippen molar-refractivity contribution in [3.63, 3.8) is 0 Å². The molecule has 0 radical (unpaired) electrons. The van der Waals surface area contributed by atoms with Crippen LogP contribution in [0.4, 0.5) is 13.2 Å². The van der Waals surface area contributed by atoms with Gasteiger partial charge in [0.05, 0.1) is 4.47 Å². The van der Waals surface area contributed by atoms with Crippen molar-refractivity contribution in [2.75, 3.05) is 19.0 Å². The number of carboxylic acid groups (broad SMARTS) is 1. The van der Waals surface area contributed by atoms with Crippen LogP contribution in [-0.2, 0) is 10.7 Å². The van der Waals surface area contributed by atoms with Gasteiger partial charge in [0.2, 0.25) is 0 Å². The number of hydrogen-bond donors (Lipinski definition) is 1. The van der Waals surface area contributed by atoms with Gasteiger partial charge in [0, 0.05) is 16.2 Å². The van der Waals surface area contributed by atoms with Crippen molar-refractivity contribution >= 4 is 39.2 Å². The third-order valence-corrected chi connectivity index (χ3v) is 6.18. The summed E-state index contributed by atoms with van der Waals surface area (Å²) < 4.78 is 46.5. The van der Waals surface area contributed by atoms with Crippen LogP contribution in [0.15, 0.2) is 88.2 Å². The number of alkyl halides is 3. The maximum absolute atomic E-state index is 13.9. The lowest BCUT2D eigenvalue weighted by molar-refractivity contribution is -0.139. The van der Waals surface area contributed by atoms with E-state index >= 15 is 0 Å². The predicted octanol–water partition coefficient (Wildman–Crippen LogP) is 7.20.